The molecule has 4 rings (SSSR count). The van der Waals surface area contributed by atoms with Crippen molar-refractivity contribution in [1.29, 1.82) is 0 Å². The molecule has 7 nitrogen and oxygen atoms in total. The summed E-state index contributed by atoms with van der Waals surface area (Å²) in [6.45, 7) is 4.73. The third-order valence-corrected chi connectivity index (χ3v) is 5.55. The second kappa shape index (κ2) is 8.25. The van der Waals surface area contributed by atoms with Gasteiger partial charge in [-0.15, -0.1) is 0 Å². The van der Waals surface area contributed by atoms with Crippen molar-refractivity contribution in [2.24, 2.45) is 5.73 Å². The van der Waals surface area contributed by atoms with E-state index in [1.165, 1.54) is 6.08 Å². The van der Waals surface area contributed by atoms with Crippen LogP contribution < -0.4 is 21.3 Å². The molecule has 2 aromatic rings. The van der Waals surface area contributed by atoms with Gasteiger partial charge in [-0.3, -0.25) is 14.5 Å². The monoisotopic (exact) mass is 416 g/mol. The quantitative estimate of drug-likeness (QED) is 0.574. The first-order chi connectivity index (χ1) is 14.9. The first-order valence-corrected chi connectivity index (χ1v) is 10.2. The number of allylic oxidation sites excluding steroid dienone is 1. The summed E-state index contributed by atoms with van der Waals surface area (Å²) in [5, 5.41) is 0.975. The number of amides is 2. The SMILES string of the molecule is CCN1C(=O)C(N)Cc2cc(/C=C/C(=O)N(C)Cc3oc4c(c3C)=CC=C=C=4)cnc21. The number of carbonyl (C=O) groups excluding carboxylic acids is 2. The molecule has 0 radical (unpaired) electrons. The summed E-state index contributed by atoms with van der Waals surface area (Å²) in [5.74, 6) is 1.10. The predicted octanol–water partition coefficient (Wildman–Crippen LogP) is 0.776. The zero-order valence-electron chi connectivity index (χ0n) is 17.8. The molecule has 158 valence electrons. The Morgan fingerprint density at radius 2 is 2.29 bits per heavy atom. The maximum atomic E-state index is 12.6. The Kier molecular flexibility index (Phi) is 5.49. The first-order valence-electron chi connectivity index (χ1n) is 10.2. The fraction of sp³-hybridized carbons (Fsp3) is 0.292. The van der Waals surface area contributed by atoms with Gasteiger partial charge >= 0.3 is 0 Å². The standard InChI is InChI=1S/C24H24N4O3/c1-4-28-23-17(12-19(25)24(28)30)11-16(13-26-23)9-10-22(29)27(3)14-21-15(2)18-7-5-6-8-20(18)31-21/h5,7,9-11,13,19H,4,12,14,25H2,1-3H3/b10-9+. The van der Waals surface area contributed by atoms with E-state index >= 15 is 0 Å². The smallest absolute Gasteiger partial charge is 0.246 e. The zero-order chi connectivity index (χ0) is 22.1. The molecule has 1 atom stereocenters. The molecular weight excluding hydrogens is 392 g/mol. The molecule has 0 saturated carbocycles. The largest absolute Gasteiger partial charge is 0.450 e. The van der Waals surface area contributed by atoms with Crippen LogP contribution in [0.4, 0.5) is 5.82 Å². The van der Waals surface area contributed by atoms with Crippen molar-refractivity contribution in [2.45, 2.75) is 32.9 Å². The number of carbonyl (C=O) groups is 2. The summed E-state index contributed by atoms with van der Waals surface area (Å²) in [5.41, 5.74) is 15.1. The molecule has 1 unspecified atom stereocenters. The minimum absolute atomic E-state index is 0.112. The van der Waals surface area contributed by atoms with Gasteiger partial charge < -0.3 is 15.1 Å². The van der Waals surface area contributed by atoms with E-state index in [9.17, 15) is 9.59 Å². The molecule has 0 spiro atoms. The lowest BCUT2D eigenvalue weighted by molar-refractivity contribution is -0.125. The van der Waals surface area contributed by atoms with Gasteiger partial charge in [-0.25, -0.2) is 4.98 Å². The Hall–Kier alpha value is -3.63. The van der Waals surface area contributed by atoms with E-state index in [0.29, 0.717) is 30.7 Å². The summed E-state index contributed by atoms with van der Waals surface area (Å²) < 4.78 is 5.83. The van der Waals surface area contributed by atoms with Crippen LogP contribution in [-0.4, -0.2) is 41.3 Å². The molecule has 7 heteroatoms. The number of likely N-dealkylation sites (N-methyl/N-ethyl adjacent to an activating group) is 2. The summed E-state index contributed by atoms with van der Waals surface area (Å²) in [7, 11) is 1.73. The highest BCUT2D eigenvalue weighted by atomic mass is 16.3. The molecule has 31 heavy (non-hydrogen) atoms. The Balaban J connectivity index is 1.49. The third kappa shape index (κ3) is 3.90. The average Bonchev–Trinajstić information content (AvgIpc) is 3.08. The van der Waals surface area contributed by atoms with Crippen molar-refractivity contribution >= 4 is 35.5 Å². The third-order valence-electron chi connectivity index (χ3n) is 5.55. The lowest BCUT2D eigenvalue weighted by atomic mass is 9.99. The maximum Gasteiger partial charge on any atom is 0.246 e. The van der Waals surface area contributed by atoms with Gasteiger partial charge in [-0.05, 0) is 55.0 Å². The Morgan fingerprint density at radius 3 is 3.03 bits per heavy atom. The van der Waals surface area contributed by atoms with Gasteiger partial charge in [0.2, 0.25) is 11.8 Å². The van der Waals surface area contributed by atoms with Gasteiger partial charge in [0.25, 0.3) is 0 Å². The highest BCUT2D eigenvalue weighted by Gasteiger charge is 2.30. The van der Waals surface area contributed by atoms with Crippen LogP contribution in [0.15, 0.2) is 34.6 Å². The molecular formula is C24H24N4O3. The van der Waals surface area contributed by atoms with Crippen LogP contribution in [0.1, 0.15) is 29.4 Å². The van der Waals surface area contributed by atoms with Gasteiger partial charge in [-0.2, -0.15) is 0 Å². The zero-order valence-corrected chi connectivity index (χ0v) is 17.8. The van der Waals surface area contributed by atoms with E-state index in [0.717, 1.165) is 27.7 Å². The van der Waals surface area contributed by atoms with E-state index in [1.54, 1.807) is 35.2 Å². The fourth-order valence-electron chi connectivity index (χ4n) is 3.78. The Morgan fingerprint density at radius 1 is 1.48 bits per heavy atom. The van der Waals surface area contributed by atoms with Crippen molar-refractivity contribution in [3.63, 3.8) is 0 Å². The van der Waals surface area contributed by atoms with E-state index in [4.69, 9.17) is 10.2 Å². The second-order valence-electron chi connectivity index (χ2n) is 7.67. The van der Waals surface area contributed by atoms with Crippen LogP contribution in [0.25, 0.3) is 17.9 Å². The normalized spacial score (nSPS) is 16.7. The molecule has 0 aromatic carbocycles. The van der Waals surface area contributed by atoms with Crippen LogP contribution in [0.5, 0.6) is 0 Å². The number of pyridine rings is 1. The number of hydrogen-bond acceptors (Lipinski definition) is 5. The molecule has 2 aliphatic rings. The van der Waals surface area contributed by atoms with Crippen molar-refractivity contribution in [2.75, 3.05) is 18.5 Å². The fourth-order valence-corrected chi connectivity index (χ4v) is 3.78. The van der Waals surface area contributed by atoms with Crippen LogP contribution in [0, 0.1) is 6.92 Å². The molecule has 2 N–H and O–H groups in total. The lowest BCUT2D eigenvalue weighted by Gasteiger charge is -2.30. The molecule has 1 aliphatic heterocycles. The summed E-state index contributed by atoms with van der Waals surface area (Å²) in [6, 6.07) is 1.36. The van der Waals surface area contributed by atoms with E-state index in [-0.39, 0.29) is 11.8 Å². The summed E-state index contributed by atoms with van der Waals surface area (Å²) in [4.78, 5) is 32.5. The van der Waals surface area contributed by atoms with Crippen molar-refractivity contribution in [1.82, 2.24) is 9.88 Å². The molecule has 0 bridgehead atoms. The van der Waals surface area contributed by atoms with Gasteiger partial charge in [0.15, 0.2) is 5.42 Å². The molecule has 2 amide bonds. The summed E-state index contributed by atoms with van der Waals surface area (Å²) >= 11 is 0. The molecule has 0 fully saturated rings. The molecule has 2 aromatic heterocycles. The maximum absolute atomic E-state index is 12.6. The minimum Gasteiger partial charge on any atom is -0.450 e. The highest BCUT2D eigenvalue weighted by Crippen LogP contribution is 2.26. The van der Waals surface area contributed by atoms with Crippen LogP contribution in [0.2, 0.25) is 0 Å². The van der Waals surface area contributed by atoms with Gasteiger partial charge in [0.1, 0.15) is 11.6 Å². The van der Waals surface area contributed by atoms with E-state index < -0.39 is 6.04 Å². The number of anilines is 1. The van der Waals surface area contributed by atoms with E-state index in [1.807, 2.05) is 26.0 Å². The minimum atomic E-state index is -0.567. The van der Waals surface area contributed by atoms with Crippen molar-refractivity contribution in [3.05, 3.63) is 63.2 Å². The first kappa shape index (κ1) is 20.6. The van der Waals surface area contributed by atoms with Crippen LogP contribution in [0.3, 0.4) is 0 Å². The number of hydrogen-bond donors (Lipinski definition) is 1. The lowest BCUT2D eigenvalue weighted by Crippen LogP contribution is -2.49. The van der Waals surface area contributed by atoms with Crippen LogP contribution >= 0.6 is 0 Å². The van der Waals surface area contributed by atoms with Crippen LogP contribution in [-0.2, 0) is 22.6 Å². The number of aromatic nitrogens is 1. The number of rotatable bonds is 5. The number of nitrogens with two attached hydrogens (primary N) is 1. The van der Waals surface area contributed by atoms with Crippen molar-refractivity contribution in [3.8, 4) is 0 Å². The van der Waals surface area contributed by atoms with Crippen molar-refractivity contribution < 1.29 is 14.0 Å². The number of furan rings is 1. The average molecular weight is 416 g/mol. The van der Waals surface area contributed by atoms with Gasteiger partial charge in [0, 0.05) is 43.1 Å². The second-order valence-corrected chi connectivity index (χ2v) is 7.67. The highest BCUT2D eigenvalue weighted by molar-refractivity contribution is 5.99. The topological polar surface area (TPSA) is 92.7 Å². The number of fused-ring (bicyclic) bond motifs is 2. The Labute approximate surface area is 180 Å². The Bertz CT molecular complexity index is 1290. The number of nitrogens with zero attached hydrogens (tertiary/aromatic N) is 3. The van der Waals surface area contributed by atoms with Gasteiger partial charge in [-0.1, -0.05) is 5.73 Å². The van der Waals surface area contributed by atoms with Gasteiger partial charge in [0.05, 0.1) is 12.6 Å². The van der Waals surface area contributed by atoms with E-state index in [2.05, 4.69) is 16.4 Å². The molecule has 1 aliphatic carbocycles. The molecule has 0 saturated heterocycles. The summed E-state index contributed by atoms with van der Waals surface area (Å²) in [6.07, 6.45) is 9.04. The predicted molar refractivity (Wildman–Crippen MR) is 118 cm³/mol. The molecule has 3 heterocycles.